The zero-order valence-corrected chi connectivity index (χ0v) is 9.78. The summed E-state index contributed by atoms with van der Waals surface area (Å²) in [4.78, 5) is 23.1. The molecule has 0 aliphatic carbocycles. The molecule has 92 valence electrons. The highest BCUT2D eigenvalue weighted by Gasteiger charge is 2.40. The Morgan fingerprint density at radius 2 is 2.19 bits per heavy atom. The van der Waals surface area contributed by atoms with Crippen LogP contribution in [0.5, 0.6) is 0 Å². The number of rotatable bonds is 7. The van der Waals surface area contributed by atoms with Crippen LogP contribution in [0, 0.1) is 11.8 Å². The molecule has 1 aliphatic heterocycles. The summed E-state index contributed by atoms with van der Waals surface area (Å²) < 4.78 is 4.80. The predicted molar refractivity (Wildman–Crippen MR) is 58.8 cm³/mol. The van der Waals surface area contributed by atoms with Gasteiger partial charge in [-0.2, -0.15) is 0 Å². The van der Waals surface area contributed by atoms with Gasteiger partial charge >= 0.3 is 5.97 Å². The summed E-state index contributed by atoms with van der Waals surface area (Å²) in [5, 5.41) is 9.03. The smallest absolute Gasteiger partial charge is 0.316 e. The van der Waals surface area contributed by atoms with Crippen molar-refractivity contribution >= 4 is 11.8 Å². The van der Waals surface area contributed by atoms with Crippen molar-refractivity contribution in [3.05, 3.63) is 0 Å². The zero-order chi connectivity index (χ0) is 12.0. The number of aliphatic hydroxyl groups excluding tert-OH is 1. The third-order valence-electron chi connectivity index (χ3n) is 3.02. The van der Waals surface area contributed by atoms with Crippen molar-refractivity contribution in [2.45, 2.75) is 39.0 Å². The molecular formula is C12H20O4. The summed E-state index contributed by atoms with van der Waals surface area (Å²) in [7, 11) is 0. The molecule has 0 radical (unpaired) electrons. The molecule has 16 heavy (non-hydrogen) atoms. The van der Waals surface area contributed by atoms with Gasteiger partial charge in [-0.05, 0) is 6.42 Å². The Kier molecular flexibility index (Phi) is 5.46. The molecule has 2 atom stereocenters. The van der Waals surface area contributed by atoms with Gasteiger partial charge in [0.15, 0.2) is 0 Å². The average Bonchev–Trinajstić information content (AvgIpc) is 2.65. The Balaban J connectivity index is 2.36. The van der Waals surface area contributed by atoms with E-state index in [2.05, 4.69) is 6.92 Å². The second kappa shape index (κ2) is 6.63. The van der Waals surface area contributed by atoms with Gasteiger partial charge in [0.25, 0.3) is 0 Å². The number of unbranched alkanes of at least 4 members (excludes halogenated alkanes) is 3. The van der Waals surface area contributed by atoms with Crippen molar-refractivity contribution < 1.29 is 19.4 Å². The van der Waals surface area contributed by atoms with Gasteiger partial charge in [-0.25, -0.2) is 0 Å². The zero-order valence-electron chi connectivity index (χ0n) is 9.78. The molecule has 4 heteroatoms. The molecule has 4 nitrogen and oxygen atoms in total. The highest BCUT2D eigenvalue weighted by molar-refractivity contribution is 6.00. The van der Waals surface area contributed by atoms with E-state index in [0.29, 0.717) is 6.42 Å². The van der Waals surface area contributed by atoms with Crippen molar-refractivity contribution in [1.82, 2.24) is 0 Å². The van der Waals surface area contributed by atoms with Crippen LogP contribution in [0.4, 0.5) is 0 Å². The standard InChI is InChI=1S/C12H20O4/c1-2-3-4-5-6-10(14)11-9(7-13)8-16-12(11)15/h9,11,13H,2-8H2,1H3/t9-,11?/m1/s1. The Hall–Kier alpha value is -0.900. The third-order valence-corrected chi connectivity index (χ3v) is 3.02. The maximum atomic E-state index is 11.8. The first-order valence-corrected chi connectivity index (χ1v) is 6.01. The van der Waals surface area contributed by atoms with Gasteiger partial charge in [-0.15, -0.1) is 0 Å². The van der Waals surface area contributed by atoms with Gasteiger partial charge in [0, 0.05) is 12.3 Å². The number of cyclic esters (lactones) is 1. The van der Waals surface area contributed by atoms with Crippen molar-refractivity contribution in [3.8, 4) is 0 Å². The van der Waals surface area contributed by atoms with Crippen LogP contribution in [-0.2, 0) is 14.3 Å². The number of carbonyl (C=O) groups excluding carboxylic acids is 2. The van der Waals surface area contributed by atoms with Crippen molar-refractivity contribution in [3.63, 3.8) is 0 Å². The number of esters is 1. The fourth-order valence-corrected chi connectivity index (χ4v) is 2.00. The first kappa shape index (κ1) is 13.2. The highest BCUT2D eigenvalue weighted by atomic mass is 16.5. The second-order valence-electron chi connectivity index (χ2n) is 4.33. The summed E-state index contributed by atoms with van der Waals surface area (Å²) >= 11 is 0. The lowest BCUT2D eigenvalue weighted by molar-refractivity contribution is -0.144. The summed E-state index contributed by atoms with van der Waals surface area (Å²) in [6, 6.07) is 0. The van der Waals surface area contributed by atoms with Crippen LogP contribution in [0.15, 0.2) is 0 Å². The van der Waals surface area contributed by atoms with Gasteiger partial charge in [0.2, 0.25) is 0 Å². The van der Waals surface area contributed by atoms with E-state index in [0.717, 1.165) is 25.7 Å². The lowest BCUT2D eigenvalue weighted by Gasteiger charge is -2.10. The molecule has 0 spiro atoms. The van der Waals surface area contributed by atoms with E-state index >= 15 is 0 Å². The maximum absolute atomic E-state index is 11.8. The topological polar surface area (TPSA) is 63.6 Å². The first-order chi connectivity index (χ1) is 7.70. The summed E-state index contributed by atoms with van der Waals surface area (Å²) in [5.74, 6) is -1.57. The van der Waals surface area contributed by atoms with Gasteiger partial charge in [0.1, 0.15) is 11.7 Å². The van der Waals surface area contributed by atoms with E-state index in [1.165, 1.54) is 0 Å². The Labute approximate surface area is 96.0 Å². The number of Topliss-reactive ketones (excluding diaryl/α,β-unsaturated/α-hetero) is 1. The molecule has 0 bridgehead atoms. The van der Waals surface area contributed by atoms with Crippen LogP contribution in [-0.4, -0.2) is 30.1 Å². The summed E-state index contributed by atoms with van der Waals surface area (Å²) in [6.45, 7) is 2.13. The molecule has 1 saturated heterocycles. The molecule has 0 amide bonds. The molecule has 1 aliphatic rings. The SMILES string of the molecule is CCCCCCC(=O)C1C(=O)OC[C@H]1CO. The molecule has 1 unspecified atom stereocenters. The van der Waals surface area contributed by atoms with Gasteiger partial charge in [0.05, 0.1) is 13.2 Å². The first-order valence-electron chi connectivity index (χ1n) is 6.01. The van der Waals surface area contributed by atoms with E-state index in [9.17, 15) is 9.59 Å². The lowest BCUT2D eigenvalue weighted by atomic mass is 9.89. The number of aliphatic hydroxyl groups is 1. The minimum Gasteiger partial charge on any atom is -0.465 e. The van der Waals surface area contributed by atoms with Crippen molar-refractivity contribution in [2.24, 2.45) is 11.8 Å². The van der Waals surface area contributed by atoms with E-state index < -0.39 is 11.9 Å². The van der Waals surface area contributed by atoms with Crippen LogP contribution in [0.3, 0.4) is 0 Å². The fourth-order valence-electron chi connectivity index (χ4n) is 2.00. The predicted octanol–water partition coefficient (Wildman–Crippen LogP) is 1.31. The Morgan fingerprint density at radius 3 is 2.81 bits per heavy atom. The molecule has 0 aromatic rings. The Bertz CT molecular complexity index is 249. The molecule has 0 aromatic carbocycles. The maximum Gasteiger partial charge on any atom is 0.316 e. The molecule has 0 saturated carbocycles. The number of ether oxygens (including phenoxy) is 1. The fraction of sp³-hybridized carbons (Fsp3) is 0.833. The molecule has 1 rings (SSSR count). The molecule has 1 fully saturated rings. The molecular weight excluding hydrogens is 208 g/mol. The van der Waals surface area contributed by atoms with Crippen LogP contribution in [0.25, 0.3) is 0 Å². The van der Waals surface area contributed by atoms with Gasteiger partial charge < -0.3 is 9.84 Å². The monoisotopic (exact) mass is 228 g/mol. The normalized spacial score (nSPS) is 24.5. The van der Waals surface area contributed by atoms with E-state index in [-0.39, 0.29) is 24.9 Å². The van der Waals surface area contributed by atoms with Gasteiger partial charge in [-0.3, -0.25) is 9.59 Å². The van der Waals surface area contributed by atoms with Crippen LogP contribution >= 0.6 is 0 Å². The summed E-state index contributed by atoms with van der Waals surface area (Å²) in [5.41, 5.74) is 0. The number of hydrogen-bond acceptors (Lipinski definition) is 4. The molecule has 1 N–H and O–H groups in total. The van der Waals surface area contributed by atoms with Crippen LogP contribution < -0.4 is 0 Å². The van der Waals surface area contributed by atoms with E-state index in [1.807, 2.05) is 0 Å². The largest absolute Gasteiger partial charge is 0.465 e. The number of hydrogen-bond donors (Lipinski definition) is 1. The highest BCUT2D eigenvalue weighted by Crippen LogP contribution is 2.24. The minimum atomic E-state index is -0.716. The van der Waals surface area contributed by atoms with Crippen molar-refractivity contribution in [2.75, 3.05) is 13.2 Å². The second-order valence-corrected chi connectivity index (χ2v) is 4.33. The third kappa shape index (κ3) is 3.30. The number of ketones is 1. The van der Waals surface area contributed by atoms with Crippen molar-refractivity contribution in [1.29, 1.82) is 0 Å². The number of carbonyl (C=O) groups is 2. The summed E-state index contributed by atoms with van der Waals surface area (Å²) in [6.07, 6.45) is 4.52. The molecule has 0 aromatic heterocycles. The average molecular weight is 228 g/mol. The van der Waals surface area contributed by atoms with E-state index in [4.69, 9.17) is 9.84 Å². The van der Waals surface area contributed by atoms with Crippen LogP contribution in [0.2, 0.25) is 0 Å². The van der Waals surface area contributed by atoms with Crippen LogP contribution in [0.1, 0.15) is 39.0 Å². The van der Waals surface area contributed by atoms with Gasteiger partial charge in [-0.1, -0.05) is 26.2 Å². The molecule has 1 heterocycles. The quantitative estimate of drug-likeness (QED) is 0.405. The minimum absolute atomic E-state index is 0.0716. The lowest BCUT2D eigenvalue weighted by Crippen LogP contribution is -2.27. The van der Waals surface area contributed by atoms with E-state index in [1.54, 1.807) is 0 Å². The Morgan fingerprint density at radius 1 is 1.44 bits per heavy atom.